The molecular weight excluding hydrogens is 452 g/mol. The quantitative estimate of drug-likeness (QED) is 0.550. The molecule has 2 aromatic carbocycles. The highest BCUT2D eigenvalue weighted by Crippen LogP contribution is 2.48. The Morgan fingerprint density at radius 1 is 1.21 bits per heavy atom. The van der Waals surface area contributed by atoms with Crippen LogP contribution in [-0.2, 0) is 6.42 Å². The van der Waals surface area contributed by atoms with Crippen molar-refractivity contribution in [2.24, 2.45) is 5.73 Å². The largest absolute Gasteiger partial charge is 0.422 e. The zero-order valence-electron chi connectivity index (χ0n) is 15.7. The van der Waals surface area contributed by atoms with Crippen molar-refractivity contribution in [3.63, 3.8) is 0 Å². The number of benzene rings is 2. The molecule has 5 nitrogen and oxygen atoms in total. The Bertz CT molecular complexity index is 1130. The summed E-state index contributed by atoms with van der Waals surface area (Å²) in [7, 11) is 0. The van der Waals surface area contributed by atoms with Crippen molar-refractivity contribution in [3.8, 4) is 17.6 Å². The standard InChI is InChI=1S/C22H18BrClN4O/c1-2-7-17-20-18(19-15(23)10-6-11-16(19)24)14(12-25)21(26)29-22(20)28(27-17)13-8-4-3-5-9-13/h3-6,8-11,18H,2,7,26H2,1H3. The predicted octanol–water partition coefficient (Wildman–Crippen LogP) is 5.46. The van der Waals surface area contributed by atoms with Crippen LogP contribution in [0.2, 0.25) is 5.02 Å². The van der Waals surface area contributed by atoms with Crippen molar-refractivity contribution in [2.75, 3.05) is 0 Å². The Hall–Kier alpha value is -2.75. The molecule has 4 rings (SSSR count). The molecule has 0 aliphatic carbocycles. The van der Waals surface area contributed by atoms with Crippen LogP contribution in [0.4, 0.5) is 0 Å². The van der Waals surface area contributed by atoms with E-state index >= 15 is 0 Å². The van der Waals surface area contributed by atoms with E-state index in [-0.39, 0.29) is 5.88 Å². The molecule has 146 valence electrons. The molecule has 0 bridgehead atoms. The van der Waals surface area contributed by atoms with E-state index in [0.717, 1.165) is 39.8 Å². The first-order chi connectivity index (χ1) is 14.1. The molecule has 1 aliphatic heterocycles. The summed E-state index contributed by atoms with van der Waals surface area (Å²) in [5.74, 6) is 0.121. The van der Waals surface area contributed by atoms with Crippen LogP contribution < -0.4 is 10.5 Å². The summed E-state index contributed by atoms with van der Waals surface area (Å²) in [5, 5.41) is 15.3. The number of halogens is 2. The Kier molecular flexibility index (Phi) is 5.35. The van der Waals surface area contributed by atoms with Gasteiger partial charge < -0.3 is 10.5 Å². The maximum Gasteiger partial charge on any atom is 0.229 e. The Morgan fingerprint density at radius 3 is 2.62 bits per heavy atom. The van der Waals surface area contributed by atoms with E-state index in [1.165, 1.54) is 0 Å². The number of nitrogens with two attached hydrogens (primary N) is 1. The van der Waals surface area contributed by atoms with Crippen molar-refractivity contribution in [3.05, 3.63) is 86.3 Å². The van der Waals surface area contributed by atoms with Crippen LogP contribution in [0, 0.1) is 11.3 Å². The smallest absolute Gasteiger partial charge is 0.229 e. The first-order valence-corrected chi connectivity index (χ1v) is 10.4. The molecule has 0 saturated carbocycles. The summed E-state index contributed by atoms with van der Waals surface area (Å²) in [6.07, 6.45) is 1.64. The van der Waals surface area contributed by atoms with Crippen molar-refractivity contribution in [1.29, 1.82) is 5.26 Å². The molecule has 2 N–H and O–H groups in total. The van der Waals surface area contributed by atoms with Gasteiger partial charge in [-0.15, -0.1) is 0 Å². The van der Waals surface area contributed by atoms with Crippen LogP contribution in [-0.4, -0.2) is 9.78 Å². The highest BCUT2D eigenvalue weighted by Gasteiger charge is 2.38. The summed E-state index contributed by atoms with van der Waals surface area (Å²) in [4.78, 5) is 0. The second kappa shape index (κ2) is 7.94. The van der Waals surface area contributed by atoms with Gasteiger partial charge in [-0.3, -0.25) is 0 Å². The molecule has 7 heteroatoms. The lowest BCUT2D eigenvalue weighted by atomic mass is 9.83. The fraction of sp³-hybridized carbons (Fsp3) is 0.182. The first-order valence-electron chi connectivity index (χ1n) is 9.25. The second-order valence-corrected chi connectivity index (χ2v) is 7.98. The number of rotatable bonds is 4. The molecule has 0 saturated heterocycles. The lowest BCUT2D eigenvalue weighted by molar-refractivity contribution is 0.367. The second-order valence-electron chi connectivity index (χ2n) is 6.72. The number of fused-ring (bicyclic) bond motifs is 1. The van der Waals surface area contributed by atoms with Crippen LogP contribution in [0.3, 0.4) is 0 Å². The van der Waals surface area contributed by atoms with E-state index < -0.39 is 5.92 Å². The molecule has 1 atom stereocenters. The van der Waals surface area contributed by atoms with E-state index in [1.54, 1.807) is 4.68 Å². The van der Waals surface area contributed by atoms with E-state index in [4.69, 9.17) is 27.2 Å². The Morgan fingerprint density at radius 2 is 1.97 bits per heavy atom. The highest BCUT2D eigenvalue weighted by atomic mass is 79.9. The number of ether oxygens (including phenoxy) is 1. The number of nitrogens with zero attached hydrogens (tertiary/aromatic N) is 3. The van der Waals surface area contributed by atoms with E-state index in [9.17, 15) is 5.26 Å². The van der Waals surface area contributed by atoms with Gasteiger partial charge in [0.05, 0.1) is 22.9 Å². The number of allylic oxidation sites excluding steroid dienone is 1. The molecule has 29 heavy (non-hydrogen) atoms. The van der Waals surface area contributed by atoms with E-state index in [2.05, 4.69) is 28.9 Å². The molecule has 1 aliphatic rings. The van der Waals surface area contributed by atoms with Crippen LogP contribution in [0.25, 0.3) is 5.69 Å². The number of aromatic nitrogens is 2. The Balaban J connectivity index is 2.04. The van der Waals surface area contributed by atoms with Gasteiger partial charge in [0, 0.05) is 9.50 Å². The summed E-state index contributed by atoms with van der Waals surface area (Å²) in [6.45, 7) is 2.09. The topological polar surface area (TPSA) is 76.9 Å². The molecule has 0 radical (unpaired) electrons. The van der Waals surface area contributed by atoms with Crippen molar-refractivity contribution in [1.82, 2.24) is 9.78 Å². The number of aryl methyl sites for hydroxylation is 1. The number of nitriles is 1. The van der Waals surface area contributed by atoms with Gasteiger partial charge in [-0.1, -0.05) is 65.1 Å². The zero-order chi connectivity index (χ0) is 20.5. The van der Waals surface area contributed by atoms with Gasteiger partial charge in [0.25, 0.3) is 0 Å². The lowest BCUT2D eigenvalue weighted by Crippen LogP contribution is -2.22. The van der Waals surface area contributed by atoms with Gasteiger partial charge in [0.2, 0.25) is 11.8 Å². The van der Waals surface area contributed by atoms with Gasteiger partial charge >= 0.3 is 0 Å². The third kappa shape index (κ3) is 3.31. The van der Waals surface area contributed by atoms with Crippen molar-refractivity contribution >= 4 is 27.5 Å². The number of hydrogen-bond donors (Lipinski definition) is 1. The maximum absolute atomic E-state index is 9.89. The SMILES string of the molecule is CCCc1nn(-c2ccccc2)c2c1C(c1c(Cl)cccc1Br)C(C#N)=C(N)O2. The summed E-state index contributed by atoms with van der Waals surface area (Å²) in [5.41, 5.74) is 9.86. The van der Waals surface area contributed by atoms with Crippen molar-refractivity contribution in [2.45, 2.75) is 25.7 Å². The minimum absolute atomic E-state index is 0.0666. The molecule has 3 aromatic rings. The van der Waals surface area contributed by atoms with E-state index in [1.807, 2.05) is 48.5 Å². The monoisotopic (exact) mass is 468 g/mol. The van der Waals surface area contributed by atoms with Gasteiger partial charge in [0.15, 0.2) is 0 Å². The molecular formula is C22H18BrClN4O. The highest BCUT2D eigenvalue weighted by molar-refractivity contribution is 9.10. The van der Waals surface area contributed by atoms with Gasteiger partial charge in [-0.05, 0) is 36.2 Å². The number of hydrogen-bond acceptors (Lipinski definition) is 4. The van der Waals surface area contributed by atoms with Gasteiger partial charge in [-0.25, -0.2) is 4.68 Å². The van der Waals surface area contributed by atoms with E-state index in [0.29, 0.717) is 16.5 Å². The summed E-state index contributed by atoms with van der Waals surface area (Å²) >= 11 is 10.2. The normalized spacial score (nSPS) is 15.6. The van der Waals surface area contributed by atoms with Gasteiger partial charge in [0.1, 0.15) is 11.6 Å². The Labute approximate surface area is 182 Å². The number of para-hydroxylation sites is 1. The summed E-state index contributed by atoms with van der Waals surface area (Å²) in [6, 6.07) is 17.5. The van der Waals surface area contributed by atoms with Crippen LogP contribution in [0.5, 0.6) is 5.88 Å². The molecule has 1 aromatic heterocycles. The first kappa shape index (κ1) is 19.6. The third-order valence-corrected chi connectivity index (χ3v) is 5.92. The minimum atomic E-state index is -0.467. The fourth-order valence-corrected chi connectivity index (χ4v) is 4.64. The minimum Gasteiger partial charge on any atom is -0.422 e. The van der Waals surface area contributed by atoms with Crippen LogP contribution in [0.1, 0.15) is 36.1 Å². The zero-order valence-corrected chi connectivity index (χ0v) is 18.0. The molecule has 0 amide bonds. The van der Waals surface area contributed by atoms with Crippen LogP contribution in [0.15, 0.2) is 64.5 Å². The average molecular weight is 470 g/mol. The van der Waals surface area contributed by atoms with Gasteiger partial charge in [-0.2, -0.15) is 10.4 Å². The molecule has 1 unspecified atom stereocenters. The predicted molar refractivity (Wildman–Crippen MR) is 116 cm³/mol. The average Bonchev–Trinajstić information content (AvgIpc) is 3.06. The summed E-state index contributed by atoms with van der Waals surface area (Å²) < 4.78 is 8.51. The lowest BCUT2D eigenvalue weighted by Gasteiger charge is -2.26. The third-order valence-electron chi connectivity index (χ3n) is 4.90. The molecule has 2 heterocycles. The molecule has 0 fully saturated rings. The maximum atomic E-state index is 9.89. The van der Waals surface area contributed by atoms with Crippen molar-refractivity contribution < 1.29 is 4.74 Å². The molecule has 0 spiro atoms. The van der Waals surface area contributed by atoms with Crippen LogP contribution >= 0.6 is 27.5 Å². The fourth-order valence-electron chi connectivity index (χ4n) is 3.65.